The average Bonchev–Trinajstić information content (AvgIpc) is 2.32. The fraction of sp³-hybridized carbons (Fsp3) is 1.00. The van der Waals surface area contributed by atoms with Crippen LogP contribution in [0.25, 0.3) is 0 Å². The molecule has 0 aliphatic heterocycles. The molecular weight excluding hydrogens is 206 g/mol. The van der Waals surface area contributed by atoms with Gasteiger partial charge in [0, 0.05) is 6.04 Å². The first-order valence-electron chi connectivity index (χ1n) is 7.90. The minimum Gasteiger partial charge on any atom is -0.314 e. The highest BCUT2D eigenvalue weighted by atomic mass is 14.9. The van der Waals surface area contributed by atoms with Crippen molar-refractivity contribution in [1.82, 2.24) is 5.32 Å². The van der Waals surface area contributed by atoms with Crippen LogP contribution in [-0.2, 0) is 0 Å². The first-order valence-corrected chi connectivity index (χ1v) is 7.90. The van der Waals surface area contributed by atoms with Crippen LogP contribution in [0.2, 0.25) is 0 Å². The Bertz CT molecular complexity index is 226. The SMILES string of the molecule is CC1CCC(NCC2CCCCC2C)CC1C. The average molecular weight is 237 g/mol. The third-order valence-corrected chi connectivity index (χ3v) is 5.56. The van der Waals surface area contributed by atoms with Crippen LogP contribution in [0.15, 0.2) is 0 Å². The van der Waals surface area contributed by atoms with E-state index in [-0.39, 0.29) is 0 Å². The van der Waals surface area contributed by atoms with Gasteiger partial charge in [-0.1, -0.05) is 40.0 Å². The molecule has 0 bridgehead atoms. The van der Waals surface area contributed by atoms with E-state index in [9.17, 15) is 0 Å². The Hall–Kier alpha value is -0.0400. The summed E-state index contributed by atoms with van der Waals surface area (Å²) >= 11 is 0. The fourth-order valence-electron chi connectivity index (χ4n) is 3.75. The monoisotopic (exact) mass is 237 g/mol. The predicted molar refractivity (Wildman–Crippen MR) is 75.1 cm³/mol. The van der Waals surface area contributed by atoms with Crippen LogP contribution in [0, 0.1) is 23.7 Å². The van der Waals surface area contributed by atoms with E-state index in [0.717, 1.165) is 29.7 Å². The molecule has 1 N–H and O–H groups in total. The quantitative estimate of drug-likeness (QED) is 0.774. The molecule has 2 saturated carbocycles. The van der Waals surface area contributed by atoms with Gasteiger partial charge in [0.15, 0.2) is 0 Å². The van der Waals surface area contributed by atoms with Gasteiger partial charge >= 0.3 is 0 Å². The van der Waals surface area contributed by atoms with E-state index in [1.807, 2.05) is 0 Å². The lowest BCUT2D eigenvalue weighted by molar-refractivity contribution is 0.196. The van der Waals surface area contributed by atoms with Crippen molar-refractivity contribution in [3.05, 3.63) is 0 Å². The van der Waals surface area contributed by atoms with Crippen LogP contribution in [0.1, 0.15) is 65.7 Å². The summed E-state index contributed by atoms with van der Waals surface area (Å²) in [6, 6.07) is 0.815. The minimum absolute atomic E-state index is 0.815. The van der Waals surface area contributed by atoms with Gasteiger partial charge in [-0.05, 0) is 55.9 Å². The first kappa shape index (κ1) is 13.4. The van der Waals surface area contributed by atoms with Crippen molar-refractivity contribution in [3.8, 4) is 0 Å². The largest absolute Gasteiger partial charge is 0.314 e. The van der Waals surface area contributed by atoms with Crippen LogP contribution in [-0.4, -0.2) is 12.6 Å². The minimum atomic E-state index is 0.815. The van der Waals surface area contributed by atoms with E-state index in [1.54, 1.807) is 0 Å². The second-order valence-electron chi connectivity index (χ2n) is 6.89. The lowest BCUT2D eigenvalue weighted by Crippen LogP contribution is -2.40. The van der Waals surface area contributed by atoms with Crippen LogP contribution in [0.3, 0.4) is 0 Å². The zero-order valence-corrected chi connectivity index (χ0v) is 12.0. The summed E-state index contributed by atoms with van der Waals surface area (Å²) in [6.07, 6.45) is 10.1. The summed E-state index contributed by atoms with van der Waals surface area (Å²) in [4.78, 5) is 0. The van der Waals surface area contributed by atoms with E-state index >= 15 is 0 Å². The summed E-state index contributed by atoms with van der Waals surface area (Å²) in [7, 11) is 0. The molecule has 2 aliphatic rings. The molecule has 5 unspecified atom stereocenters. The highest BCUT2D eigenvalue weighted by molar-refractivity contribution is 4.82. The number of hydrogen-bond acceptors (Lipinski definition) is 1. The van der Waals surface area contributed by atoms with Gasteiger partial charge in [-0.2, -0.15) is 0 Å². The number of rotatable bonds is 3. The topological polar surface area (TPSA) is 12.0 Å². The Labute approximate surface area is 108 Å². The van der Waals surface area contributed by atoms with Gasteiger partial charge in [-0.15, -0.1) is 0 Å². The van der Waals surface area contributed by atoms with Crippen LogP contribution in [0.5, 0.6) is 0 Å². The van der Waals surface area contributed by atoms with Gasteiger partial charge in [-0.3, -0.25) is 0 Å². The first-order chi connectivity index (χ1) is 8.16. The second-order valence-corrected chi connectivity index (χ2v) is 6.89. The standard InChI is InChI=1S/C16H31N/c1-12-8-9-16(10-14(12)3)17-11-15-7-5-4-6-13(15)2/h12-17H,4-11H2,1-3H3. The third-order valence-electron chi connectivity index (χ3n) is 5.56. The zero-order valence-electron chi connectivity index (χ0n) is 12.0. The molecule has 0 aromatic carbocycles. The Morgan fingerprint density at radius 2 is 1.59 bits per heavy atom. The van der Waals surface area contributed by atoms with Crippen molar-refractivity contribution in [2.45, 2.75) is 71.8 Å². The Balaban J connectivity index is 1.71. The Kier molecular flexibility index (Phi) is 4.90. The molecule has 0 aromatic rings. The predicted octanol–water partition coefficient (Wildman–Crippen LogP) is 4.23. The molecule has 100 valence electrons. The molecule has 0 saturated heterocycles. The van der Waals surface area contributed by atoms with Gasteiger partial charge in [0.2, 0.25) is 0 Å². The maximum absolute atomic E-state index is 3.87. The summed E-state index contributed by atoms with van der Waals surface area (Å²) in [5.74, 6) is 3.78. The molecule has 1 nitrogen and oxygen atoms in total. The smallest absolute Gasteiger partial charge is 0.00699 e. The normalized spacial score (nSPS) is 43.6. The summed E-state index contributed by atoms with van der Waals surface area (Å²) < 4.78 is 0. The summed E-state index contributed by atoms with van der Waals surface area (Å²) in [5, 5.41) is 3.87. The van der Waals surface area contributed by atoms with Crippen LogP contribution < -0.4 is 5.32 Å². The van der Waals surface area contributed by atoms with Crippen molar-refractivity contribution in [1.29, 1.82) is 0 Å². The summed E-state index contributed by atoms with van der Waals surface area (Å²) in [5.41, 5.74) is 0. The Morgan fingerprint density at radius 3 is 2.29 bits per heavy atom. The highest BCUT2D eigenvalue weighted by Crippen LogP contribution is 2.31. The maximum Gasteiger partial charge on any atom is 0.00699 e. The van der Waals surface area contributed by atoms with E-state index in [1.165, 1.54) is 51.5 Å². The highest BCUT2D eigenvalue weighted by Gasteiger charge is 2.26. The molecule has 17 heavy (non-hydrogen) atoms. The molecule has 0 heterocycles. The molecule has 0 amide bonds. The van der Waals surface area contributed by atoms with Gasteiger partial charge in [0.05, 0.1) is 0 Å². The molecule has 2 fully saturated rings. The van der Waals surface area contributed by atoms with Gasteiger partial charge < -0.3 is 5.32 Å². The van der Waals surface area contributed by atoms with E-state index < -0.39 is 0 Å². The zero-order chi connectivity index (χ0) is 12.3. The molecule has 2 aliphatic carbocycles. The molecule has 5 atom stereocenters. The van der Waals surface area contributed by atoms with Crippen LogP contribution >= 0.6 is 0 Å². The fourth-order valence-corrected chi connectivity index (χ4v) is 3.75. The van der Waals surface area contributed by atoms with Crippen molar-refractivity contribution < 1.29 is 0 Å². The van der Waals surface area contributed by atoms with Gasteiger partial charge in [0.25, 0.3) is 0 Å². The van der Waals surface area contributed by atoms with Gasteiger partial charge in [-0.25, -0.2) is 0 Å². The summed E-state index contributed by atoms with van der Waals surface area (Å²) in [6.45, 7) is 8.59. The van der Waals surface area contributed by atoms with E-state index in [4.69, 9.17) is 0 Å². The molecule has 0 radical (unpaired) electrons. The Morgan fingerprint density at radius 1 is 0.824 bits per heavy atom. The van der Waals surface area contributed by atoms with E-state index in [0.29, 0.717) is 0 Å². The van der Waals surface area contributed by atoms with Crippen molar-refractivity contribution in [3.63, 3.8) is 0 Å². The second kappa shape index (κ2) is 6.22. The molecule has 0 aromatic heterocycles. The third kappa shape index (κ3) is 3.71. The molecule has 1 heteroatoms. The maximum atomic E-state index is 3.87. The lowest BCUT2D eigenvalue weighted by atomic mass is 9.78. The lowest BCUT2D eigenvalue weighted by Gasteiger charge is -2.35. The number of hydrogen-bond donors (Lipinski definition) is 1. The van der Waals surface area contributed by atoms with Gasteiger partial charge in [0.1, 0.15) is 0 Å². The van der Waals surface area contributed by atoms with Crippen molar-refractivity contribution in [2.24, 2.45) is 23.7 Å². The van der Waals surface area contributed by atoms with E-state index in [2.05, 4.69) is 26.1 Å². The number of nitrogens with one attached hydrogen (secondary N) is 1. The van der Waals surface area contributed by atoms with Crippen LogP contribution in [0.4, 0.5) is 0 Å². The molecular formula is C16H31N. The molecule has 2 rings (SSSR count). The van der Waals surface area contributed by atoms with Crippen molar-refractivity contribution in [2.75, 3.05) is 6.54 Å². The molecule has 0 spiro atoms. The van der Waals surface area contributed by atoms with Crippen molar-refractivity contribution >= 4 is 0 Å².